The molecule has 0 radical (unpaired) electrons. The summed E-state index contributed by atoms with van der Waals surface area (Å²) in [7, 11) is 0. The van der Waals surface area contributed by atoms with Crippen LogP contribution in [0.25, 0.3) is 27.7 Å². The van der Waals surface area contributed by atoms with E-state index in [-0.39, 0.29) is 5.91 Å². The van der Waals surface area contributed by atoms with Crippen molar-refractivity contribution in [3.63, 3.8) is 0 Å². The first-order valence-electron chi connectivity index (χ1n) is 11.5. The van der Waals surface area contributed by atoms with Gasteiger partial charge in [0.25, 0.3) is 0 Å². The molecule has 2 aromatic carbocycles. The van der Waals surface area contributed by atoms with E-state index >= 15 is 0 Å². The van der Waals surface area contributed by atoms with Gasteiger partial charge in [-0.2, -0.15) is 0 Å². The highest BCUT2D eigenvalue weighted by Gasteiger charge is 2.21. The van der Waals surface area contributed by atoms with Crippen molar-refractivity contribution in [2.75, 3.05) is 19.7 Å². The monoisotopic (exact) mass is 485 g/mol. The number of halogens is 2. The number of hydrogen-bond donors (Lipinski definition) is 0. The number of rotatable bonds is 5. The maximum Gasteiger partial charge on any atom is 0.246 e. The molecule has 4 rings (SSSR count). The molecule has 0 spiro atoms. The molecule has 33 heavy (non-hydrogen) atoms. The van der Waals surface area contributed by atoms with Crippen molar-refractivity contribution >= 4 is 45.7 Å². The average Bonchev–Trinajstić information content (AvgIpc) is 3.01. The lowest BCUT2D eigenvalue weighted by Crippen LogP contribution is -2.30. The molecule has 0 unspecified atom stereocenters. The van der Waals surface area contributed by atoms with Crippen LogP contribution in [0.1, 0.15) is 50.7 Å². The molecular weight excluding hydrogens is 457 g/mol. The lowest BCUT2D eigenvalue weighted by Gasteiger charge is -2.19. The van der Waals surface area contributed by atoms with Crippen molar-refractivity contribution in [2.45, 2.75) is 46.5 Å². The number of aryl methyl sites for hydroxylation is 1. The largest absolute Gasteiger partial charge is 0.493 e. The lowest BCUT2D eigenvalue weighted by molar-refractivity contribution is -0.125. The Morgan fingerprint density at radius 2 is 1.85 bits per heavy atom. The van der Waals surface area contributed by atoms with E-state index in [1.54, 1.807) is 18.4 Å². The third-order valence-electron chi connectivity index (χ3n) is 6.24. The first-order valence-corrected chi connectivity index (χ1v) is 12.3. The Balaban J connectivity index is 1.82. The van der Waals surface area contributed by atoms with Gasteiger partial charge in [0.2, 0.25) is 5.91 Å². The Kier molecular flexibility index (Phi) is 7.35. The molecule has 1 amide bonds. The predicted molar refractivity (Wildman–Crippen MR) is 136 cm³/mol. The highest BCUT2D eigenvalue weighted by molar-refractivity contribution is 6.36. The molecule has 4 nitrogen and oxygen atoms in total. The van der Waals surface area contributed by atoms with E-state index in [1.807, 2.05) is 43.9 Å². The van der Waals surface area contributed by atoms with Crippen LogP contribution in [0.4, 0.5) is 0 Å². The van der Waals surface area contributed by atoms with Crippen molar-refractivity contribution < 1.29 is 13.9 Å². The maximum absolute atomic E-state index is 13.0. The third-order valence-corrected chi connectivity index (χ3v) is 6.78. The van der Waals surface area contributed by atoms with Gasteiger partial charge < -0.3 is 14.1 Å². The van der Waals surface area contributed by atoms with Gasteiger partial charge in [0, 0.05) is 51.8 Å². The summed E-state index contributed by atoms with van der Waals surface area (Å²) in [5, 5.41) is 2.06. The quantitative estimate of drug-likeness (QED) is 0.344. The molecule has 1 saturated heterocycles. The summed E-state index contributed by atoms with van der Waals surface area (Å²) in [4.78, 5) is 15.0. The van der Waals surface area contributed by atoms with E-state index in [1.165, 1.54) is 12.8 Å². The van der Waals surface area contributed by atoms with Gasteiger partial charge >= 0.3 is 0 Å². The van der Waals surface area contributed by atoms with Crippen LogP contribution in [-0.2, 0) is 4.79 Å². The number of nitrogens with zero attached hydrogens (tertiary/aromatic N) is 1. The van der Waals surface area contributed by atoms with Gasteiger partial charge in [-0.25, -0.2) is 0 Å². The standard InChI is InChI=1S/C27H29Cl2NO3/c1-4-32-26-18(3)27-22(23(16-33-27)20-10-9-19(28)14-24(20)29)15-21(26)17(2)13-25(31)30-11-7-5-6-8-12-30/h9-10,13-16H,4-8,11-12H2,1-3H3/b17-13+. The highest BCUT2D eigenvalue weighted by atomic mass is 35.5. The van der Waals surface area contributed by atoms with Gasteiger partial charge in [0.1, 0.15) is 11.3 Å². The summed E-state index contributed by atoms with van der Waals surface area (Å²) in [6.45, 7) is 8.06. The third kappa shape index (κ3) is 4.92. The first-order chi connectivity index (χ1) is 15.9. The van der Waals surface area contributed by atoms with Crippen molar-refractivity contribution in [1.29, 1.82) is 0 Å². The highest BCUT2D eigenvalue weighted by Crippen LogP contribution is 2.42. The van der Waals surface area contributed by atoms with Gasteiger partial charge in [-0.05, 0) is 57.4 Å². The normalized spacial score (nSPS) is 15.1. The number of fused-ring (bicyclic) bond motifs is 1. The first kappa shape index (κ1) is 23.7. The molecule has 0 N–H and O–H groups in total. The molecule has 174 valence electrons. The molecule has 3 aromatic rings. The lowest BCUT2D eigenvalue weighted by atomic mass is 9.96. The van der Waals surface area contributed by atoms with E-state index in [4.69, 9.17) is 32.4 Å². The molecular formula is C27H29Cl2NO3. The number of ether oxygens (including phenoxy) is 1. The summed E-state index contributed by atoms with van der Waals surface area (Å²) < 4.78 is 12.0. The van der Waals surface area contributed by atoms with Crippen LogP contribution in [0.15, 0.2) is 41.0 Å². The van der Waals surface area contributed by atoms with E-state index in [0.717, 1.165) is 70.5 Å². The van der Waals surface area contributed by atoms with E-state index in [9.17, 15) is 4.79 Å². The van der Waals surface area contributed by atoms with Crippen LogP contribution < -0.4 is 4.74 Å². The fraction of sp³-hybridized carbons (Fsp3) is 0.370. The Labute approximate surface area is 205 Å². The second-order valence-corrected chi connectivity index (χ2v) is 9.37. The van der Waals surface area contributed by atoms with Crippen molar-refractivity contribution in [1.82, 2.24) is 4.90 Å². The molecule has 1 aliphatic heterocycles. The molecule has 2 heterocycles. The van der Waals surface area contributed by atoms with Gasteiger partial charge in [-0.15, -0.1) is 0 Å². The summed E-state index contributed by atoms with van der Waals surface area (Å²) >= 11 is 12.6. The van der Waals surface area contributed by atoms with Gasteiger partial charge in [0.05, 0.1) is 17.9 Å². The maximum atomic E-state index is 13.0. The average molecular weight is 486 g/mol. The van der Waals surface area contributed by atoms with E-state index < -0.39 is 0 Å². The fourth-order valence-corrected chi connectivity index (χ4v) is 5.01. The minimum absolute atomic E-state index is 0.0581. The zero-order valence-corrected chi connectivity index (χ0v) is 20.9. The number of furan rings is 1. The minimum atomic E-state index is 0.0581. The second-order valence-electron chi connectivity index (χ2n) is 8.53. The number of carbonyl (C=O) groups excluding carboxylic acids is 1. The van der Waals surface area contributed by atoms with Crippen molar-refractivity contribution in [3.8, 4) is 16.9 Å². The number of allylic oxidation sites excluding steroid dienone is 1. The van der Waals surface area contributed by atoms with Crippen LogP contribution in [0.2, 0.25) is 10.0 Å². The molecule has 6 heteroatoms. The van der Waals surface area contributed by atoms with Gasteiger partial charge in [0.15, 0.2) is 0 Å². The Bertz CT molecular complexity index is 1200. The molecule has 0 atom stereocenters. The fourth-order valence-electron chi connectivity index (χ4n) is 4.50. The van der Waals surface area contributed by atoms with Gasteiger partial charge in [-0.1, -0.05) is 42.1 Å². The van der Waals surface area contributed by atoms with E-state index in [2.05, 4.69) is 0 Å². The van der Waals surface area contributed by atoms with Crippen LogP contribution in [-0.4, -0.2) is 30.5 Å². The number of likely N-dealkylation sites (tertiary alicyclic amines) is 1. The summed E-state index contributed by atoms with van der Waals surface area (Å²) in [5.74, 6) is 0.799. The zero-order valence-electron chi connectivity index (χ0n) is 19.3. The van der Waals surface area contributed by atoms with Crippen LogP contribution in [0.3, 0.4) is 0 Å². The molecule has 0 aliphatic carbocycles. The zero-order chi connectivity index (χ0) is 23.5. The van der Waals surface area contributed by atoms with Crippen LogP contribution in [0, 0.1) is 6.92 Å². The number of carbonyl (C=O) groups is 1. The smallest absolute Gasteiger partial charge is 0.246 e. The minimum Gasteiger partial charge on any atom is -0.493 e. The Hall–Kier alpha value is -2.43. The predicted octanol–water partition coefficient (Wildman–Crippen LogP) is 7.92. The molecule has 1 aliphatic rings. The molecule has 1 aromatic heterocycles. The summed E-state index contributed by atoms with van der Waals surface area (Å²) in [6.07, 6.45) is 7.96. The van der Waals surface area contributed by atoms with Crippen molar-refractivity contribution in [2.24, 2.45) is 0 Å². The Morgan fingerprint density at radius 1 is 1.12 bits per heavy atom. The van der Waals surface area contributed by atoms with Crippen molar-refractivity contribution in [3.05, 3.63) is 57.8 Å². The SMILES string of the molecule is CCOc1c(/C(C)=C/C(=O)N2CCCCCC2)cc2c(-c3ccc(Cl)cc3Cl)coc2c1C. The summed E-state index contributed by atoms with van der Waals surface area (Å²) in [5.41, 5.74) is 5.12. The summed E-state index contributed by atoms with van der Waals surface area (Å²) in [6, 6.07) is 7.48. The number of hydrogen-bond acceptors (Lipinski definition) is 3. The van der Waals surface area contributed by atoms with Crippen LogP contribution in [0.5, 0.6) is 5.75 Å². The number of amides is 1. The topological polar surface area (TPSA) is 42.7 Å². The Morgan fingerprint density at radius 3 is 2.52 bits per heavy atom. The van der Waals surface area contributed by atoms with Gasteiger partial charge in [-0.3, -0.25) is 4.79 Å². The van der Waals surface area contributed by atoms with Crippen LogP contribution >= 0.6 is 23.2 Å². The molecule has 1 fully saturated rings. The molecule has 0 bridgehead atoms. The number of benzene rings is 2. The second kappa shape index (κ2) is 10.2. The molecule has 0 saturated carbocycles. The van der Waals surface area contributed by atoms with E-state index in [0.29, 0.717) is 16.7 Å².